The number of halogens is 1. The van der Waals surface area contributed by atoms with Crippen molar-refractivity contribution in [1.82, 2.24) is 9.97 Å². The van der Waals surface area contributed by atoms with Crippen molar-refractivity contribution in [2.24, 2.45) is 0 Å². The van der Waals surface area contributed by atoms with Crippen LogP contribution in [0.4, 0.5) is 0 Å². The molecule has 0 aliphatic carbocycles. The van der Waals surface area contributed by atoms with E-state index in [1.165, 1.54) is 0 Å². The first-order valence-corrected chi connectivity index (χ1v) is 4.69. The summed E-state index contributed by atoms with van der Waals surface area (Å²) in [5, 5.41) is 0.514. The summed E-state index contributed by atoms with van der Waals surface area (Å²) >= 11 is 5.87. The van der Waals surface area contributed by atoms with E-state index >= 15 is 0 Å². The fraction of sp³-hybridized carbons (Fsp3) is 0. The Morgan fingerprint density at radius 3 is 2.73 bits per heavy atom. The third-order valence-electron chi connectivity index (χ3n) is 1.92. The van der Waals surface area contributed by atoms with Crippen LogP contribution in [0.25, 0.3) is 11.3 Å². The number of carbonyl (C=O) groups excluding carboxylic acids is 1. The second-order valence-corrected chi connectivity index (χ2v) is 3.42. The molecule has 1 heterocycles. The van der Waals surface area contributed by atoms with E-state index in [1.54, 1.807) is 36.8 Å². The molecule has 1 aromatic heterocycles. The fourth-order valence-corrected chi connectivity index (χ4v) is 1.52. The van der Waals surface area contributed by atoms with Crippen LogP contribution in [0.15, 0.2) is 36.8 Å². The minimum Gasteiger partial charge on any atom is -0.298 e. The van der Waals surface area contributed by atoms with Crippen molar-refractivity contribution in [2.45, 2.75) is 0 Å². The minimum atomic E-state index is 0.514. The van der Waals surface area contributed by atoms with Crippen LogP contribution in [0.3, 0.4) is 0 Å². The lowest BCUT2D eigenvalue weighted by Crippen LogP contribution is -1.87. The van der Waals surface area contributed by atoms with Crippen LogP contribution in [0.5, 0.6) is 0 Å². The maximum atomic E-state index is 10.6. The molecule has 1 aromatic carbocycles. The monoisotopic (exact) mass is 218 g/mol. The molecular weight excluding hydrogens is 212 g/mol. The quantitative estimate of drug-likeness (QED) is 0.728. The molecule has 0 amide bonds. The number of benzene rings is 1. The summed E-state index contributed by atoms with van der Waals surface area (Å²) in [6, 6.07) is 5.08. The lowest BCUT2D eigenvalue weighted by Gasteiger charge is -2.01. The molecule has 74 valence electrons. The van der Waals surface area contributed by atoms with Crippen molar-refractivity contribution in [3.8, 4) is 11.3 Å². The van der Waals surface area contributed by atoms with Gasteiger partial charge in [0, 0.05) is 28.5 Å². The molecule has 0 radical (unpaired) electrons. The molecule has 0 bridgehead atoms. The van der Waals surface area contributed by atoms with Gasteiger partial charge in [0.25, 0.3) is 0 Å². The predicted octanol–water partition coefficient (Wildman–Crippen LogP) is 2.61. The molecule has 15 heavy (non-hydrogen) atoms. The van der Waals surface area contributed by atoms with Crippen molar-refractivity contribution in [3.63, 3.8) is 0 Å². The molecule has 0 aliphatic rings. The Balaban J connectivity index is 2.53. The molecule has 2 rings (SSSR count). The zero-order valence-electron chi connectivity index (χ0n) is 7.72. The summed E-state index contributed by atoms with van der Waals surface area (Å²) in [6.07, 6.45) is 5.57. The standard InChI is InChI=1S/C11H7ClN2O/c12-10-4-8(7-15)3-9(5-10)11-6-13-1-2-14-11/h1-7H. The van der Waals surface area contributed by atoms with Gasteiger partial charge in [-0.05, 0) is 18.2 Å². The number of aldehydes is 1. The number of carbonyl (C=O) groups is 1. The largest absolute Gasteiger partial charge is 0.298 e. The highest BCUT2D eigenvalue weighted by Gasteiger charge is 2.02. The lowest BCUT2D eigenvalue weighted by molar-refractivity contribution is 0.112. The highest BCUT2D eigenvalue weighted by molar-refractivity contribution is 6.31. The van der Waals surface area contributed by atoms with E-state index in [9.17, 15) is 4.79 Å². The van der Waals surface area contributed by atoms with Crippen molar-refractivity contribution in [1.29, 1.82) is 0 Å². The summed E-state index contributed by atoms with van der Waals surface area (Å²) in [5.41, 5.74) is 2.02. The summed E-state index contributed by atoms with van der Waals surface area (Å²) in [7, 11) is 0. The van der Waals surface area contributed by atoms with Gasteiger partial charge in [0.05, 0.1) is 11.9 Å². The number of rotatable bonds is 2. The van der Waals surface area contributed by atoms with Gasteiger partial charge in [-0.25, -0.2) is 0 Å². The number of nitrogens with zero attached hydrogens (tertiary/aromatic N) is 2. The topological polar surface area (TPSA) is 42.9 Å². The maximum Gasteiger partial charge on any atom is 0.150 e. The van der Waals surface area contributed by atoms with Crippen LogP contribution >= 0.6 is 11.6 Å². The van der Waals surface area contributed by atoms with Crippen LogP contribution in [0.1, 0.15) is 10.4 Å². The molecule has 0 saturated heterocycles. The Bertz CT molecular complexity index is 485. The number of aromatic nitrogens is 2. The van der Waals surface area contributed by atoms with Crippen molar-refractivity contribution >= 4 is 17.9 Å². The first-order chi connectivity index (χ1) is 7.29. The third-order valence-corrected chi connectivity index (χ3v) is 2.13. The highest BCUT2D eigenvalue weighted by atomic mass is 35.5. The van der Waals surface area contributed by atoms with Gasteiger partial charge < -0.3 is 0 Å². The van der Waals surface area contributed by atoms with E-state index in [0.717, 1.165) is 11.8 Å². The van der Waals surface area contributed by atoms with E-state index in [1.807, 2.05) is 0 Å². The average Bonchev–Trinajstić information content (AvgIpc) is 2.29. The van der Waals surface area contributed by atoms with Gasteiger partial charge in [0.15, 0.2) is 0 Å². The molecule has 0 unspecified atom stereocenters. The van der Waals surface area contributed by atoms with Crippen molar-refractivity contribution in [3.05, 3.63) is 47.4 Å². The molecule has 3 nitrogen and oxygen atoms in total. The highest BCUT2D eigenvalue weighted by Crippen LogP contribution is 2.21. The first kappa shape index (κ1) is 9.80. The predicted molar refractivity (Wildman–Crippen MR) is 57.9 cm³/mol. The molecule has 0 saturated carbocycles. The van der Waals surface area contributed by atoms with Gasteiger partial charge >= 0.3 is 0 Å². The number of hydrogen-bond acceptors (Lipinski definition) is 3. The fourth-order valence-electron chi connectivity index (χ4n) is 1.28. The third kappa shape index (κ3) is 2.19. The van der Waals surface area contributed by atoms with Crippen LogP contribution in [0.2, 0.25) is 5.02 Å². The van der Waals surface area contributed by atoms with Crippen molar-refractivity contribution in [2.75, 3.05) is 0 Å². The molecule has 0 atom stereocenters. The van der Waals surface area contributed by atoms with Gasteiger partial charge in [-0.15, -0.1) is 0 Å². The molecule has 2 aromatic rings. The van der Waals surface area contributed by atoms with Crippen LogP contribution in [-0.4, -0.2) is 16.3 Å². The average molecular weight is 219 g/mol. The van der Waals surface area contributed by atoms with Crippen LogP contribution in [0, 0.1) is 0 Å². The van der Waals surface area contributed by atoms with Gasteiger partial charge in [-0.2, -0.15) is 0 Å². The molecular formula is C11H7ClN2O. The second kappa shape index (κ2) is 4.19. The van der Waals surface area contributed by atoms with Gasteiger partial charge in [0.1, 0.15) is 6.29 Å². The van der Waals surface area contributed by atoms with Gasteiger partial charge in [-0.3, -0.25) is 14.8 Å². The summed E-state index contributed by atoms with van der Waals surface area (Å²) in [5.74, 6) is 0. The Morgan fingerprint density at radius 1 is 1.20 bits per heavy atom. The molecule has 0 N–H and O–H groups in total. The van der Waals surface area contributed by atoms with E-state index in [-0.39, 0.29) is 0 Å². The summed E-state index contributed by atoms with van der Waals surface area (Å²) < 4.78 is 0. The van der Waals surface area contributed by atoms with E-state index in [4.69, 9.17) is 11.6 Å². The SMILES string of the molecule is O=Cc1cc(Cl)cc(-c2cnccn2)c1. The first-order valence-electron chi connectivity index (χ1n) is 4.32. The summed E-state index contributed by atoms with van der Waals surface area (Å²) in [4.78, 5) is 18.7. The van der Waals surface area contributed by atoms with Crippen LogP contribution < -0.4 is 0 Å². The lowest BCUT2D eigenvalue weighted by atomic mass is 10.1. The van der Waals surface area contributed by atoms with Gasteiger partial charge in [-0.1, -0.05) is 11.6 Å². The van der Waals surface area contributed by atoms with Crippen molar-refractivity contribution < 1.29 is 4.79 Å². The van der Waals surface area contributed by atoms with E-state index in [2.05, 4.69) is 9.97 Å². The maximum absolute atomic E-state index is 10.6. The minimum absolute atomic E-state index is 0.514. The molecule has 4 heteroatoms. The Labute approximate surface area is 91.8 Å². The molecule has 0 aliphatic heterocycles. The second-order valence-electron chi connectivity index (χ2n) is 2.98. The summed E-state index contributed by atoms with van der Waals surface area (Å²) in [6.45, 7) is 0. The molecule has 0 fully saturated rings. The van der Waals surface area contributed by atoms with Gasteiger partial charge in [0.2, 0.25) is 0 Å². The normalized spacial score (nSPS) is 9.93. The van der Waals surface area contributed by atoms with E-state index in [0.29, 0.717) is 16.3 Å². The van der Waals surface area contributed by atoms with E-state index < -0.39 is 0 Å². The van der Waals surface area contributed by atoms with Crippen LogP contribution in [-0.2, 0) is 0 Å². The molecule has 0 spiro atoms. The Hall–Kier alpha value is -1.74. The number of hydrogen-bond donors (Lipinski definition) is 0. The Kier molecular flexibility index (Phi) is 2.74. The smallest absolute Gasteiger partial charge is 0.150 e. The zero-order chi connectivity index (χ0) is 10.7. The Morgan fingerprint density at radius 2 is 2.07 bits per heavy atom. The zero-order valence-corrected chi connectivity index (χ0v) is 8.48.